The van der Waals surface area contributed by atoms with Gasteiger partial charge in [-0.15, -0.1) is 0 Å². The summed E-state index contributed by atoms with van der Waals surface area (Å²) in [5, 5.41) is 8.67. The van der Waals surface area contributed by atoms with Gasteiger partial charge in [0.25, 0.3) is 0 Å². The first-order valence-corrected chi connectivity index (χ1v) is 5.12. The monoisotopic (exact) mass is 181 g/mol. The lowest BCUT2D eigenvalue weighted by Crippen LogP contribution is -2.57. The molecule has 2 nitrogen and oxygen atoms in total. The molecular weight excluding hydrogens is 163 g/mol. The summed E-state index contributed by atoms with van der Waals surface area (Å²) in [5.41, 5.74) is 0.413. The zero-order valence-electron chi connectivity index (χ0n) is 8.71. The van der Waals surface area contributed by atoms with Crippen molar-refractivity contribution in [2.24, 2.45) is 17.3 Å². The second-order valence-corrected chi connectivity index (χ2v) is 5.53. The summed E-state index contributed by atoms with van der Waals surface area (Å²) in [7, 11) is 0.859. The third-order valence-electron chi connectivity index (χ3n) is 4.37. The second-order valence-electron chi connectivity index (χ2n) is 5.53. The predicted molar refractivity (Wildman–Crippen MR) is 52.1 cm³/mol. The second kappa shape index (κ2) is 2.74. The van der Waals surface area contributed by atoms with Crippen molar-refractivity contribution in [2.45, 2.75) is 45.6 Å². The van der Waals surface area contributed by atoms with Gasteiger partial charge in [0.2, 0.25) is 0 Å². The molecule has 3 aliphatic carbocycles. The molecule has 0 aromatic rings. The van der Waals surface area contributed by atoms with Gasteiger partial charge >= 0.3 is 7.69 Å². The Balaban J connectivity index is 2.03. The van der Waals surface area contributed by atoms with E-state index in [0.29, 0.717) is 5.41 Å². The number of hydrogen-bond acceptors (Lipinski definition) is 2. The van der Waals surface area contributed by atoms with Gasteiger partial charge in [-0.2, -0.15) is 0 Å². The fourth-order valence-corrected chi connectivity index (χ4v) is 3.17. The zero-order chi connectivity index (χ0) is 9.69. The molecular formula is C10H18BO2. The first-order valence-electron chi connectivity index (χ1n) is 5.12. The van der Waals surface area contributed by atoms with Gasteiger partial charge in [0.1, 0.15) is 0 Å². The molecule has 0 aliphatic heterocycles. The van der Waals surface area contributed by atoms with Crippen LogP contribution >= 0.6 is 0 Å². The molecule has 0 saturated heterocycles. The van der Waals surface area contributed by atoms with Gasteiger partial charge in [0.15, 0.2) is 0 Å². The number of rotatable bonds is 2. The third kappa shape index (κ3) is 1.33. The summed E-state index contributed by atoms with van der Waals surface area (Å²) in [4.78, 5) is 0. The first-order chi connectivity index (χ1) is 5.98. The smallest absolute Gasteiger partial charge is 0.429 e. The maximum atomic E-state index is 8.67. The van der Waals surface area contributed by atoms with Crippen molar-refractivity contribution in [3.63, 3.8) is 0 Å². The highest BCUT2D eigenvalue weighted by Crippen LogP contribution is 2.62. The quantitative estimate of drug-likeness (QED) is 0.657. The van der Waals surface area contributed by atoms with Crippen LogP contribution in [-0.2, 0) is 4.65 Å². The third-order valence-corrected chi connectivity index (χ3v) is 4.37. The molecule has 13 heavy (non-hydrogen) atoms. The molecule has 0 spiro atoms. The molecule has 3 rings (SSSR count). The fourth-order valence-electron chi connectivity index (χ4n) is 3.17. The lowest BCUT2D eigenvalue weighted by atomic mass is 9.46. The molecule has 1 N–H and O–H groups in total. The van der Waals surface area contributed by atoms with E-state index in [2.05, 4.69) is 20.8 Å². The summed E-state index contributed by atoms with van der Waals surface area (Å²) in [6, 6.07) is 0. The molecule has 73 valence electrons. The maximum Gasteiger partial charge on any atom is 0.485 e. The minimum atomic E-state index is -0.0994. The van der Waals surface area contributed by atoms with Gasteiger partial charge in [-0.25, -0.2) is 0 Å². The Morgan fingerprint density at radius 2 is 1.77 bits per heavy atom. The minimum absolute atomic E-state index is 0.0994. The molecule has 0 heterocycles. The molecule has 1 radical (unpaired) electrons. The summed E-state index contributed by atoms with van der Waals surface area (Å²) in [5.74, 6) is 1.58. The summed E-state index contributed by atoms with van der Waals surface area (Å²) >= 11 is 0. The SMILES string of the molecule is CC1(O[B]O)C[C@H]2C[C@@H](C1)C2(C)C. The average Bonchev–Trinajstić information content (AvgIpc) is 2.04. The molecule has 3 saturated carbocycles. The van der Waals surface area contributed by atoms with Crippen LogP contribution in [0.2, 0.25) is 0 Å². The number of hydrogen-bond donors (Lipinski definition) is 1. The average molecular weight is 181 g/mol. The van der Waals surface area contributed by atoms with E-state index < -0.39 is 0 Å². The first kappa shape index (κ1) is 9.54. The molecule has 3 heteroatoms. The predicted octanol–water partition coefficient (Wildman–Crippen LogP) is 1.74. The van der Waals surface area contributed by atoms with Gasteiger partial charge in [-0.1, -0.05) is 13.8 Å². The Labute approximate surface area is 81.0 Å². The molecule has 3 atom stereocenters. The van der Waals surface area contributed by atoms with Crippen LogP contribution in [0.25, 0.3) is 0 Å². The van der Waals surface area contributed by atoms with Crippen LogP contribution in [0.3, 0.4) is 0 Å². The molecule has 0 amide bonds. The molecule has 2 bridgehead atoms. The Morgan fingerprint density at radius 3 is 2.15 bits per heavy atom. The van der Waals surface area contributed by atoms with Crippen molar-refractivity contribution < 1.29 is 9.68 Å². The van der Waals surface area contributed by atoms with Crippen LogP contribution in [0.15, 0.2) is 0 Å². The Morgan fingerprint density at radius 1 is 1.23 bits per heavy atom. The molecule has 1 unspecified atom stereocenters. The van der Waals surface area contributed by atoms with Gasteiger partial charge in [0, 0.05) is 0 Å². The van der Waals surface area contributed by atoms with Crippen LogP contribution in [-0.4, -0.2) is 18.3 Å². The topological polar surface area (TPSA) is 29.5 Å². The maximum absolute atomic E-state index is 8.67. The van der Waals surface area contributed by atoms with Crippen LogP contribution < -0.4 is 0 Å². The largest absolute Gasteiger partial charge is 0.485 e. The normalized spacial score (nSPS) is 46.8. The standard InChI is InChI=1S/C10H18BO2/c1-9(2)7-4-8(9)6-10(3,5-7)13-11-12/h7-8,12H,4-6H2,1-3H3/t7-,8+,10?. The highest BCUT2D eigenvalue weighted by molar-refractivity contribution is 6.16. The van der Waals surface area contributed by atoms with E-state index in [4.69, 9.17) is 9.68 Å². The lowest BCUT2D eigenvalue weighted by Gasteiger charge is -2.61. The molecule has 0 aromatic carbocycles. The summed E-state index contributed by atoms with van der Waals surface area (Å²) in [6.07, 6.45) is 3.54. The minimum Gasteiger partial charge on any atom is -0.429 e. The Bertz CT molecular complexity index is 201. The summed E-state index contributed by atoms with van der Waals surface area (Å²) < 4.78 is 5.30. The number of fused-ring (bicyclic) bond motifs is 2. The van der Waals surface area contributed by atoms with Crippen molar-refractivity contribution in [3.05, 3.63) is 0 Å². The van der Waals surface area contributed by atoms with E-state index >= 15 is 0 Å². The Kier molecular flexibility index (Phi) is 2.01. The van der Waals surface area contributed by atoms with Gasteiger partial charge in [0.05, 0.1) is 5.60 Å². The van der Waals surface area contributed by atoms with E-state index in [9.17, 15) is 0 Å². The summed E-state index contributed by atoms with van der Waals surface area (Å²) in [6.45, 7) is 6.82. The van der Waals surface area contributed by atoms with Gasteiger partial charge in [-0.05, 0) is 43.4 Å². The van der Waals surface area contributed by atoms with Gasteiger partial charge < -0.3 is 9.68 Å². The van der Waals surface area contributed by atoms with Crippen LogP contribution in [0, 0.1) is 17.3 Å². The van der Waals surface area contributed by atoms with Crippen LogP contribution in [0.5, 0.6) is 0 Å². The van der Waals surface area contributed by atoms with E-state index in [1.165, 1.54) is 6.42 Å². The zero-order valence-corrected chi connectivity index (χ0v) is 8.71. The molecule has 3 fully saturated rings. The molecule has 3 aliphatic rings. The van der Waals surface area contributed by atoms with Crippen molar-refractivity contribution in [1.82, 2.24) is 0 Å². The van der Waals surface area contributed by atoms with E-state index in [0.717, 1.165) is 32.4 Å². The van der Waals surface area contributed by atoms with E-state index in [1.807, 2.05) is 0 Å². The van der Waals surface area contributed by atoms with Crippen LogP contribution in [0.4, 0.5) is 0 Å². The van der Waals surface area contributed by atoms with Crippen molar-refractivity contribution >= 4 is 7.69 Å². The molecule has 0 aromatic heterocycles. The van der Waals surface area contributed by atoms with Crippen LogP contribution in [0.1, 0.15) is 40.0 Å². The Hall–Kier alpha value is -0.0151. The highest BCUT2D eigenvalue weighted by Gasteiger charge is 2.56. The lowest BCUT2D eigenvalue weighted by molar-refractivity contribution is -0.150. The van der Waals surface area contributed by atoms with E-state index in [1.54, 1.807) is 0 Å². The van der Waals surface area contributed by atoms with Crippen molar-refractivity contribution in [2.75, 3.05) is 0 Å². The van der Waals surface area contributed by atoms with Crippen molar-refractivity contribution in [1.29, 1.82) is 0 Å². The van der Waals surface area contributed by atoms with Crippen molar-refractivity contribution in [3.8, 4) is 0 Å². The van der Waals surface area contributed by atoms with E-state index in [-0.39, 0.29) is 5.60 Å². The fraction of sp³-hybridized carbons (Fsp3) is 1.00. The highest BCUT2D eigenvalue weighted by atomic mass is 16.5. The van der Waals surface area contributed by atoms with Gasteiger partial charge in [-0.3, -0.25) is 0 Å².